The monoisotopic (exact) mass is 291 g/mol. The molecule has 3 nitrogen and oxygen atoms in total. The predicted octanol–water partition coefficient (Wildman–Crippen LogP) is 2.74. The first kappa shape index (κ1) is 13.8. The van der Waals surface area contributed by atoms with Crippen LogP contribution in [0, 0.1) is 5.82 Å². The molecular formula is C12H15ClFNO2S. The van der Waals surface area contributed by atoms with E-state index in [0.29, 0.717) is 12.1 Å². The van der Waals surface area contributed by atoms with Gasteiger partial charge in [0.25, 0.3) is 9.05 Å². The molecule has 6 heteroatoms. The maximum Gasteiger partial charge on any atom is 0.261 e. The lowest BCUT2D eigenvalue weighted by molar-refractivity contribution is 0.218. The molecule has 2 rings (SSSR count). The molecule has 0 saturated carbocycles. The molecule has 1 aromatic carbocycles. The van der Waals surface area contributed by atoms with Crippen LogP contribution in [0.2, 0.25) is 0 Å². The van der Waals surface area contributed by atoms with Crippen LogP contribution < -0.4 is 0 Å². The molecule has 1 aliphatic heterocycles. The average Bonchev–Trinajstić information content (AvgIpc) is 2.32. The molecule has 0 bridgehead atoms. The van der Waals surface area contributed by atoms with Crippen LogP contribution in [0.4, 0.5) is 4.39 Å². The standard InChI is InChI=1S/C12H15ClFNO2S/c13-18(16,17)11-5-4-10(12(14)8-11)9-15-6-2-1-3-7-15/h4-5,8H,1-3,6-7,9H2. The number of likely N-dealkylation sites (tertiary alicyclic amines) is 1. The number of piperidine rings is 1. The molecule has 1 aromatic rings. The van der Waals surface area contributed by atoms with Crippen LogP contribution in [0.5, 0.6) is 0 Å². The zero-order valence-corrected chi connectivity index (χ0v) is 11.5. The number of halogens is 2. The van der Waals surface area contributed by atoms with Crippen molar-refractivity contribution in [3.63, 3.8) is 0 Å². The molecule has 0 aromatic heterocycles. The number of nitrogens with zero attached hydrogens (tertiary/aromatic N) is 1. The highest BCUT2D eigenvalue weighted by Crippen LogP contribution is 2.20. The van der Waals surface area contributed by atoms with E-state index in [4.69, 9.17) is 10.7 Å². The zero-order valence-electron chi connectivity index (χ0n) is 9.90. The highest BCUT2D eigenvalue weighted by atomic mass is 35.7. The Hall–Kier alpha value is -0.650. The first-order chi connectivity index (χ1) is 8.47. The number of hydrogen-bond acceptors (Lipinski definition) is 3. The zero-order chi connectivity index (χ0) is 13.2. The molecule has 1 fully saturated rings. The molecule has 100 valence electrons. The van der Waals surface area contributed by atoms with Gasteiger partial charge in [-0.05, 0) is 38.1 Å². The van der Waals surface area contributed by atoms with E-state index in [9.17, 15) is 12.8 Å². The van der Waals surface area contributed by atoms with Gasteiger partial charge < -0.3 is 0 Å². The first-order valence-corrected chi connectivity index (χ1v) is 8.23. The van der Waals surface area contributed by atoms with Gasteiger partial charge in [0.2, 0.25) is 0 Å². The highest BCUT2D eigenvalue weighted by Gasteiger charge is 2.16. The smallest absolute Gasteiger partial charge is 0.261 e. The van der Waals surface area contributed by atoms with Crippen LogP contribution in [0.3, 0.4) is 0 Å². The van der Waals surface area contributed by atoms with E-state index in [1.165, 1.54) is 18.6 Å². The summed E-state index contributed by atoms with van der Waals surface area (Å²) >= 11 is 0. The van der Waals surface area contributed by atoms with Crippen LogP contribution >= 0.6 is 10.7 Å². The van der Waals surface area contributed by atoms with Crippen molar-refractivity contribution in [2.75, 3.05) is 13.1 Å². The lowest BCUT2D eigenvalue weighted by Gasteiger charge is -2.26. The van der Waals surface area contributed by atoms with Gasteiger partial charge >= 0.3 is 0 Å². The lowest BCUT2D eigenvalue weighted by atomic mass is 10.1. The second-order valence-electron chi connectivity index (χ2n) is 4.53. The van der Waals surface area contributed by atoms with Gasteiger partial charge in [-0.15, -0.1) is 0 Å². The molecule has 0 radical (unpaired) electrons. The largest absolute Gasteiger partial charge is 0.299 e. The maximum absolute atomic E-state index is 13.8. The summed E-state index contributed by atoms with van der Waals surface area (Å²) in [6.45, 7) is 2.46. The summed E-state index contributed by atoms with van der Waals surface area (Å²) in [4.78, 5) is 1.99. The maximum atomic E-state index is 13.8. The van der Waals surface area contributed by atoms with E-state index in [2.05, 4.69) is 4.90 Å². The Kier molecular flexibility index (Phi) is 4.25. The lowest BCUT2D eigenvalue weighted by Crippen LogP contribution is -2.29. The third-order valence-corrected chi connectivity index (χ3v) is 4.50. The van der Waals surface area contributed by atoms with Crippen molar-refractivity contribution >= 4 is 19.7 Å². The molecule has 18 heavy (non-hydrogen) atoms. The Morgan fingerprint density at radius 3 is 2.44 bits per heavy atom. The summed E-state index contributed by atoms with van der Waals surface area (Å²) in [6, 6.07) is 3.84. The Balaban J connectivity index is 2.14. The van der Waals surface area contributed by atoms with Crippen molar-refractivity contribution in [1.29, 1.82) is 0 Å². The molecule has 0 N–H and O–H groups in total. The third-order valence-electron chi connectivity index (χ3n) is 3.15. The fraction of sp³-hybridized carbons (Fsp3) is 0.500. The van der Waals surface area contributed by atoms with Crippen LogP contribution in [-0.2, 0) is 15.6 Å². The topological polar surface area (TPSA) is 37.4 Å². The number of rotatable bonds is 3. The van der Waals surface area contributed by atoms with Crippen LogP contribution in [0.1, 0.15) is 24.8 Å². The van der Waals surface area contributed by atoms with Crippen molar-refractivity contribution in [3.8, 4) is 0 Å². The second kappa shape index (κ2) is 5.55. The molecule has 0 aliphatic carbocycles. The molecule has 1 heterocycles. The molecule has 0 amide bonds. The fourth-order valence-corrected chi connectivity index (χ4v) is 2.93. The van der Waals surface area contributed by atoms with Crippen molar-refractivity contribution in [3.05, 3.63) is 29.6 Å². The molecule has 0 atom stereocenters. The van der Waals surface area contributed by atoms with Gasteiger partial charge in [0.05, 0.1) is 4.90 Å². The highest BCUT2D eigenvalue weighted by molar-refractivity contribution is 8.13. The predicted molar refractivity (Wildman–Crippen MR) is 68.6 cm³/mol. The van der Waals surface area contributed by atoms with Gasteiger partial charge in [0.1, 0.15) is 5.82 Å². The summed E-state index contributed by atoms with van der Waals surface area (Å²) in [5, 5.41) is 0. The SMILES string of the molecule is O=S(=O)(Cl)c1ccc(CN2CCCCC2)c(F)c1. The van der Waals surface area contributed by atoms with E-state index in [0.717, 1.165) is 32.0 Å². The van der Waals surface area contributed by atoms with Crippen LogP contribution in [0.25, 0.3) is 0 Å². The van der Waals surface area contributed by atoms with Gasteiger partial charge in [-0.25, -0.2) is 12.8 Å². The van der Waals surface area contributed by atoms with Crippen molar-refractivity contribution < 1.29 is 12.8 Å². The molecular weight excluding hydrogens is 277 g/mol. The van der Waals surface area contributed by atoms with Gasteiger partial charge in [0, 0.05) is 22.8 Å². The van der Waals surface area contributed by atoms with Gasteiger partial charge in [0.15, 0.2) is 0 Å². The third kappa shape index (κ3) is 3.43. The number of hydrogen-bond donors (Lipinski definition) is 0. The summed E-state index contributed by atoms with van der Waals surface area (Å²) in [5.41, 5.74) is 0.515. The minimum atomic E-state index is -3.86. The van der Waals surface area contributed by atoms with Crippen molar-refractivity contribution in [1.82, 2.24) is 4.90 Å². The van der Waals surface area contributed by atoms with Crippen LogP contribution in [0.15, 0.2) is 23.1 Å². The van der Waals surface area contributed by atoms with E-state index in [1.54, 1.807) is 0 Å². The molecule has 1 aliphatic rings. The minimum absolute atomic E-state index is 0.191. The van der Waals surface area contributed by atoms with Gasteiger partial charge in [-0.1, -0.05) is 12.5 Å². The molecule has 0 unspecified atom stereocenters. The number of benzene rings is 1. The summed E-state index contributed by atoms with van der Waals surface area (Å²) in [7, 11) is 1.31. The Morgan fingerprint density at radius 2 is 1.89 bits per heavy atom. The minimum Gasteiger partial charge on any atom is -0.299 e. The molecule has 0 spiro atoms. The summed E-state index contributed by atoms with van der Waals surface area (Å²) in [5.74, 6) is -0.512. The van der Waals surface area contributed by atoms with E-state index < -0.39 is 14.9 Å². The van der Waals surface area contributed by atoms with Crippen molar-refractivity contribution in [2.45, 2.75) is 30.7 Å². The van der Waals surface area contributed by atoms with Crippen LogP contribution in [-0.4, -0.2) is 26.4 Å². The van der Waals surface area contributed by atoms with E-state index >= 15 is 0 Å². The summed E-state index contributed by atoms with van der Waals surface area (Å²) in [6.07, 6.45) is 3.49. The van der Waals surface area contributed by atoms with Gasteiger partial charge in [-0.2, -0.15) is 0 Å². The Bertz CT molecular complexity index is 527. The normalized spacial score (nSPS) is 17.9. The summed E-state index contributed by atoms with van der Waals surface area (Å²) < 4.78 is 35.9. The van der Waals surface area contributed by atoms with E-state index in [1.807, 2.05) is 0 Å². The molecule has 1 saturated heterocycles. The first-order valence-electron chi connectivity index (χ1n) is 5.92. The average molecular weight is 292 g/mol. The Labute approximate surface area is 111 Å². The van der Waals surface area contributed by atoms with E-state index in [-0.39, 0.29) is 4.90 Å². The quantitative estimate of drug-likeness (QED) is 0.804. The van der Waals surface area contributed by atoms with Crippen molar-refractivity contribution in [2.24, 2.45) is 0 Å². The Morgan fingerprint density at radius 1 is 1.22 bits per heavy atom. The second-order valence-corrected chi connectivity index (χ2v) is 7.09. The van der Waals surface area contributed by atoms with Gasteiger partial charge in [-0.3, -0.25) is 4.90 Å². The fourth-order valence-electron chi connectivity index (χ4n) is 2.17.